The van der Waals surface area contributed by atoms with Crippen molar-refractivity contribution in [3.8, 4) is 11.8 Å². The summed E-state index contributed by atoms with van der Waals surface area (Å²) < 4.78 is 5.91. The van der Waals surface area contributed by atoms with E-state index in [1.54, 1.807) is 0 Å². The molecule has 0 saturated heterocycles. The van der Waals surface area contributed by atoms with Crippen molar-refractivity contribution < 1.29 is 4.74 Å². The molecular weight excluding hydrogens is 186 g/mol. The maximum Gasteiger partial charge on any atom is 0.123 e. The van der Waals surface area contributed by atoms with Crippen LogP contribution < -0.4 is 4.74 Å². The first kappa shape index (κ1) is 10.0. The van der Waals surface area contributed by atoms with Crippen LogP contribution in [0.1, 0.15) is 31.2 Å². The zero-order valence-corrected chi connectivity index (χ0v) is 8.78. The third-order valence-corrected chi connectivity index (χ3v) is 2.84. The number of benzene rings is 1. The van der Waals surface area contributed by atoms with Crippen molar-refractivity contribution in [2.24, 2.45) is 0 Å². The van der Waals surface area contributed by atoms with Gasteiger partial charge in [0, 0.05) is 5.56 Å². The maximum absolute atomic E-state index is 8.70. The number of ether oxygens (including phenoxy) is 1. The fourth-order valence-corrected chi connectivity index (χ4v) is 2.04. The topological polar surface area (TPSA) is 33.0 Å². The molecule has 0 spiro atoms. The molecule has 1 aliphatic rings. The van der Waals surface area contributed by atoms with Gasteiger partial charge in [0.25, 0.3) is 0 Å². The molecule has 1 fully saturated rings. The number of hydrogen-bond acceptors (Lipinski definition) is 2. The largest absolute Gasteiger partial charge is 0.490 e. The lowest BCUT2D eigenvalue weighted by molar-refractivity contribution is 0.208. The van der Waals surface area contributed by atoms with Crippen LogP contribution in [0.25, 0.3) is 0 Å². The van der Waals surface area contributed by atoms with Gasteiger partial charge in [-0.1, -0.05) is 18.2 Å². The predicted octanol–water partition coefficient (Wildman–Crippen LogP) is 3.07. The standard InChI is InChI=1S/C13H15NO/c14-10-9-11-5-1-4-8-13(11)15-12-6-2-3-7-12/h1,4-5,8,12H,2-3,6-7,9H2. The summed E-state index contributed by atoms with van der Waals surface area (Å²) in [5.41, 5.74) is 1.01. The van der Waals surface area contributed by atoms with Crippen molar-refractivity contribution in [2.75, 3.05) is 0 Å². The minimum absolute atomic E-state index is 0.366. The van der Waals surface area contributed by atoms with Crippen LogP contribution in [0.2, 0.25) is 0 Å². The molecule has 78 valence electrons. The number of nitrogens with zero attached hydrogens (tertiary/aromatic N) is 1. The minimum Gasteiger partial charge on any atom is -0.490 e. The van der Waals surface area contributed by atoms with E-state index in [0.717, 1.165) is 24.2 Å². The Labute approximate surface area is 90.5 Å². The third-order valence-electron chi connectivity index (χ3n) is 2.84. The van der Waals surface area contributed by atoms with Crippen LogP contribution in [0, 0.1) is 11.3 Å². The van der Waals surface area contributed by atoms with E-state index in [1.807, 2.05) is 24.3 Å². The molecule has 1 saturated carbocycles. The molecular formula is C13H15NO. The van der Waals surface area contributed by atoms with Crippen molar-refractivity contribution in [1.82, 2.24) is 0 Å². The fourth-order valence-electron chi connectivity index (χ4n) is 2.04. The first-order valence-corrected chi connectivity index (χ1v) is 5.51. The molecule has 0 bridgehead atoms. The van der Waals surface area contributed by atoms with E-state index in [-0.39, 0.29) is 0 Å². The zero-order chi connectivity index (χ0) is 10.5. The van der Waals surface area contributed by atoms with Crippen LogP contribution in [0.3, 0.4) is 0 Å². The van der Waals surface area contributed by atoms with Gasteiger partial charge in [-0.3, -0.25) is 0 Å². The van der Waals surface area contributed by atoms with Crippen molar-refractivity contribution in [2.45, 2.75) is 38.2 Å². The Morgan fingerprint density at radius 2 is 2.00 bits per heavy atom. The molecule has 2 nitrogen and oxygen atoms in total. The quantitative estimate of drug-likeness (QED) is 0.753. The molecule has 0 aromatic heterocycles. The predicted molar refractivity (Wildman–Crippen MR) is 58.6 cm³/mol. The van der Waals surface area contributed by atoms with Crippen molar-refractivity contribution >= 4 is 0 Å². The average Bonchev–Trinajstić information content (AvgIpc) is 2.74. The molecule has 1 aliphatic carbocycles. The first-order chi connectivity index (χ1) is 7.40. The lowest BCUT2D eigenvalue weighted by atomic mass is 10.1. The molecule has 0 radical (unpaired) electrons. The van der Waals surface area contributed by atoms with E-state index in [9.17, 15) is 0 Å². The van der Waals surface area contributed by atoms with Crippen LogP contribution in [0.15, 0.2) is 24.3 Å². The second-order valence-electron chi connectivity index (χ2n) is 3.97. The summed E-state index contributed by atoms with van der Waals surface area (Å²) in [6.07, 6.45) is 5.64. The van der Waals surface area contributed by atoms with Gasteiger partial charge < -0.3 is 4.74 Å². The van der Waals surface area contributed by atoms with E-state index in [4.69, 9.17) is 10.00 Å². The Bertz CT molecular complexity index is 361. The molecule has 2 heteroatoms. The van der Waals surface area contributed by atoms with Crippen LogP contribution in [0.4, 0.5) is 0 Å². The van der Waals surface area contributed by atoms with Crippen LogP contribution in [-0.2, 0) is 6.42 Å². The second kappa shape index (κ2) is 4.84. The van der Waals surface area contributed by atoms with Gasteiger partial charge in [0.15, 0.2) is 0 Å². The Morgan fingerprint density at radius 1 is 1.27 bits per heavy atom. The van der Waals surface area contributed by atoms with Crippen molar-refractivity contribution in [3.05, 3.63) is 29.8 Å². The van der Waals surface area contributed by atoms with Crippen molar-refractivity contribution in [3.63, 3.8) is 0 Å². The zero-order valence-electron chi connectivity index (χ0n) is 8.78. The van der Waals surface area contributed by atoms with Crippen LogP contribution in [-0.4, -0.2) is 6.10 Å². The number of hydrogen-bond donors (Lipinski definition) is 0. The SMILES string of the molecule is N#CCc1ccccc1OC1CCCC1. The van der Waals surface area contributed by atoms with E-state index in [2.05, 4.69) is 6.07 Å². The molecule has 15 heavy (non-hydrogen) atoms. The molecule has 0 aliphatic heterocycles. The smallest absolute Gasteiger partial charge is 0.123 e. The van der Waals surface area contributed by atoms with Crippen LogP contribution in [0.5, 0.6) is 5.75 Å². The highest BCUT2D eigenvalue weighted by atomic mass is 16.5. The third kappa shape index (κ3) is 2.50. The number of rotatable bonds is 3. The summed E-state index contributed by atoms with van der Waals surface area (Å²) in [6, 6.07) is 10.0. The summed E-state index contributed by atoms with van der Waals surface area (Å²) in [5, 5.41) is 8.70. The van der Waals surface area contributed by atoms with Crippen molar-refractivity contribution in [1.29, 1.82) is 5.26 Å². The van der Waals surface area contributed by atoms with Gasteiger partial charge in [-0.2, -0.15) is 5.26 Å². The van der Waals surface area contributed by atoms with E-state index < -0.39 is 0 Å². The highest BCUT2D eigenvalue weighted by Crippen LogP contribution is 2.26. The van der Waals surface area contributed by atoms with E-state index in [0.29, 0.717) is 12.5 Å². The molecule has 1 aromatic rings. The molecule has 0 N–H and O–H groups in total. The summed E-state index contributed by atoms with van der Waals surface area (Å²) >= 11 is 0. The minimum atomic E-state index is 0.366. The number of para-hydroxylation sites is 1. The maximum atomic E-state index is 8.70. The van der Waals surface area contributed by atoms with Gasteiger partial charge in [-0.15, -0.1) is 0 Å². The highest BCUT2D eigenvalue weighted by molar-refractivity contribution is 5.35. The van der Waals surface area contributed by atoms with Crippen LogP contribution >= 0.6 is 0 Å². The fraction of sp³-hybridized carbons (Fsp3) is 0.462. The molecule has 0 amide bonds. The molecule has 0 atom stereocenters. The molecule has 1 aromatic carbocycles. The lowest BCUT2D eigenvalue weighted by Crippen LogP contribution is -2.11. The molecule has 0 unspecified atom stereocenters. The van der Waals surface area contributed by atoms with Gasteiger partial charge in [-0.25, -0.2) is 0 Å². The van der Waals surface area contributed by atoms with Gasteiger partial charge >= 0.3 is 0 Å². The lowest BCUT2D eigenvalue weighted by Gasteiger charge is -2.15. The Balaban J connectivity index is 2.09. The molecule has 0 heterocycles. The Kier molecular flexibility index (Phi) is 3.24. The summed E-state index contributed by atoms with van der Waals surface area (Å²) in [7, 11) is 0. The van der Waals surface area contributed by atoms with E-state index >= 15 is 0 Å². The van der Waals surface area contributed by atoms with Gasteiger partial charge in [0.1, 0.15) is 5.75 Å². The average molecular weight is 201 g/mol. The second-order valence-corrected chi connectivity index (χ2v) is 3.97. The Morgan fingerprint density at radius 3 is 2.73 bits per heavy atom. The van der Waals surface area contributed by atoms with E-state index in [1.165, 1.54) is 12.8 Å². The van der Waals surface area contributed by atoms with Gasteiger partial charge in [0.05, 0.1) is 18.6 Å². The number of nitriles is 1. The highest BCUT2D eigenvalue weighted by Gasteiger charge is 2.17. The van der Waals surface area contributed by atoms with Gasteiger partial charge in [-0.05, 0) is 31.7 Å². The normalized spacial score (nSPS) is 16.2. The Hall–Kier alpha value is -1.49. The summed E-state index contributed by atoms with van der Waals surface area (Å²) in [6.45, 7) is 0. The van der Waals surface area contributed by atoms with Gasteiger partial charge in [0.2, 0.25) is 0 Å². The molecule has 2 rings (SSSR count). The summed E-state index contributed by atoms with van der Waals surface area (Å²) in [5.74, 6) is 0.894. The first-order valence-electron chi connectivity index (χ1n) is 5.51. The monoisotopic (exact) mass is 201 g/mol. The summed E-state index contributed by atoms with van der Waals surface area (Å²) in [4.78, 5) is 0.